The number of esters is 1. The van der Waals surface area contributed by atoms with Gasteiger partial charge in [-0.15, -0.1) is 0 Å². The molecule has 12 heteroatoms. The molecule has 0 fully saturated rings. The fourth-order valence-corrected chi connectivity index (χ4v) is 3.84. The lowest BCUT2D eigenvalue weighted by Crippen LogP contribution is -2.22. The van der Waals surface area contributed by atoms with Gasteiger partial charge in [-0.05, 0) is 51.5 Å². The summed E-state index contributed by atoms with van der Waals surface area (Å²) in [5, 5.41) is 16.5. The summed E-state index contributed by atoms with van der Waals surface area (Å²) in [5.41, 5.74) is 0.0476. The summed E-state index contributed by atoms with van der Waals surface area (Å²) in [6, 6.07) is 7.93. The highest BCUT2D eigenvalue weighted by Gasteiger charge is 2.24. The van der Waals surface area contributed by atoms with E-state index >= 15 is 0 Å². The molecule has 3 aromatic rings. The average Bonchev–Trinajstić information content (AvgIpc) is 2.83. The van der Waals surface area contributed by atoms with E-state index in [0.29, 0.717) is 23.1 Å². The van der Waals surface area contributed by atoms with Crippen molar-refractivity contribution in [3.05, 3.63) is 66.7 Å². The van der Waals surface area contributed by atoms with Crippen LogP contribution in [0.1, 0.15) is 45.5 Å². The van der Waals surface area contributed by atoms with Gasteiger partial charge in [0, 0.05) is 22.5 Å². The van der Waals surface area contributed by atoms with Crippen molar-refractivity contribution in [2.45, 2.75) is 46.6 Å². The van der Waals surface area contributed by atoms with E-state index in [1.54, 1.807) is 39.0 Å². The first kappa shape index (κ1) is 27.8. The molecule has 0 saturated carbocycles. The van der Waals surface area contributed by atoms with Gasteiger partial charge in [0.15, 0.2) is 12.4 Å². The lowest BCUT2D eigenvalue weighted by molar-refractivity contribution is -0.385. The zero-order chi connectivity index (χ0) is 27.1. The number of hydrogen-bond donors (Lipinski definition) is 0. The molecule has 0 radical (unpaired) electrons. The minimum atomic E-state index is -0.671. The third-order valence-electron chi connectivity index (χ3n) is 4.93. The molecule has 0 aliphatic carbocycles. The van der Waals surface area contributed by atoms with Crippen molar-refractivity contribution >= 4 is 44.7 Å². The van der Waals surface area contributed by atoms with E-state index in [1.807, 2.05) is 6.92 Å². The first-order valence-electron chi connectivity index (χ1n) is 11.7. The van der Waals surface area contributed by atoms with Crippen LogP contribution < -0.4 is 15.0 Å². The molecule has 0 bridgehead atoms. The molecular formula is C25H27BrN4O7. The number of carbonyl (C=O) groups is 1. The summed E-state index contributed by atoms with van der Waals surface area (Å²) in [6.45, 7) is 6.69. The van der Waals surface area contributed by atoms with E-state index < -0.39 is 23.2 Å². The topological polar surface area (TPSA) is 135 Å². The van der Waals surface area contributed by atoms with Crippen molar-refractivity contribution in [2.24, 2.45) is 5.10 Å². The Morgan fingerprint density at radius 2 is 2.00 bits per heavy atom. The number of aromatic nitrogens is 2. The van der Waals surface area contributed by atoms with Gasteiger partial charge in [-0.2, -0.15) is 9.78 Å². The fourth-order valence-electron chi connectivity index (χ4n) is 3.48. The Hall–Kier alpha value is -3.80. The number of rotatable bonds is 11. The third-order valence-corrected chi connectivity index (χ3v) is 5.42. The monoisotopic (exact) mass is 574 g/mol. The number of hydrogen-bond acceptors (Lipinski definition) is 9. The van der Waals surface area contributed by atoms with Crippen molar-refractivity contribution in [1.82, 2.24) is 9.66 Å². The number of nitro groups is 1. The normalized spacial score (nSPS) is 11.3. The van der Waals surface area contributed by atoms with E-state index in [4.69, 9.17) is 14.2 Å². The number of fused-ring (bicyclic) bond motifs is 1. The van der Waals surface area contributed by atoms with Gasteiger partial charge in [0.1, 0.15) is 5.82 Å². The van der Waals surface area contributed by atoms with E-state index in [-0.39, 0.29) is 35.3 Å². The predicted molar refractivity (Wildman–Crippen MR) is 142 cm³/mol. The van der Waals surface area contributed by atoms with Crippen LogP contribution in [0, 0.1) is 10.1 Å². The Morgan fingerprint density at radius 3 is 2.65 bits per heavy atom. The molecule has 37 heavy (non-hydrogen) atoms. The van der Waals surface area contributed by atoms with Crippen molar-refractivity contribution in [3.8, 4) is 11.5 Å². The Labute approximate surface area is 221 Å². The van der Waals surface area contributed by atoms with Gasteiger partial charge in [0.25, 0.3) is 5.56 Å². The molecule has 3 rings (SSSR count). The zero-order valence-electron chi connectivity index (χ0n) is 20.9. The Morgan fingerprint density at radius 1 is 1.24 bits per heavy atom. The SMILES string of the molecule is CCCc1nc2ccc(Br)cc2c(=O)n1N=Cc1cc(OCC)c(OCC(=O)OC(C)C)c([N+](=O)[O-])c1. The summed E-state index contributed by atoms with van der Waals surface area (Å²) in [5.74, 6) is -0.361. The largest absolute Gasteiger partial charge is 0.490 e. The lowest BCUT2D eigenvalue weighted by atomic mass is 10.2. The van der Waals surface area contributed by atoms with E-state index in [2.05, 4.69) is 26.0 Å². The standard InChI is InChI=1S/C25H27BrN4O7/c1-5-7-22-28-19-9-8-17(26)12-18(19)25(32)29(22)27-13-16-10-20(30(33)34)24(21(11-16)35-6-2)36-14-23(31)37-15(3)4/h8-13,15H,5-7,14H2,1-4H3. The van der Waals surface area contributed by atoms with Gasteiger partial charge in [-0.1, -0.05) is 22.9 Å². The summed E-state index contributed by atoms with van der Waals surface area (Å²) < 4.78 is 17.9. The number of carbonyl (C=O) groups excluding carboxylic acids is 1. The molecule has 0 aliphatic rings. The molecule has 0 amide bonds. The van der Waals surface area contributed by atoms with Crippen molar-refractivity contribution in [1.29, 1.82) is 0 Å². The molecule has 1 heterocycles. The maximum atomic E-state index is 13.2. The van der Waals surface area contributed by atoms with Gasteiger partial charge < -0.3 is 14.2 Å². The van der Waals surface area contributed by atoms with Gasteiger partial charge >= 0.3 is 11.7 Å². The van der Waals surface area contributed by atoms with Gasteiger partial charge in [-0.25, -0.2) is 9.78 Å². The van der Waals surface area contributed by atoms with Crippen LogP contribution in [0.25, 0.3) is 10.9 Å². The van der Waals surface area contributed by atoms with Gasteiger partial charge in [0.05, 0.1) is 34.8 Å². The molecule has 196 valence electrons. The van der Waals surface area contributed by atoms with E-state index in [9.17, 15) is 19.7 Å². The van der Waals surface area contributed by atoms with Crippen LogP contribution in [0.4, 0.5) is 5.69 Å². The van der Waals surface area contributed by atoms with Crippen LogP contribution >= 0.6 is 15.9 Å². The molecule has 0 unspecified atom stereocenters. The number of halogens is 1. The average molecular weight is 575 g/mol. The second-order valence-electron chi connectivity index (χ2n) is 8.19. The molecule has 2 aromatic carbocycles. The van der Waals surface area contributed by atoms with E-state index in [0.717, 1.165) is 10.9 Å². The van der Waals surface area contributed by atoms with E-state index in [1.165, 1.54) is 23.0 Å². The highest BCUT2D eigenvalue weighted by Crippen LogP contribution is 2.38. The van der Waals surface area contributed by atoms with Crippen LogP contribution in [0.15, 0.2) is 44.7 Å². The molecule has 0 atom stereocenters. The highest BCUT2D eigenvalue weighted by molar-refractivity contribution is 9.10. The number of nitro benzene ring substituents is 1. The quantitative estimate of drug-likeness (QED) is 0.140. The number of nitrogens with zero attached hydrogens (tertiary/aromatic N) is 4. The first-order valence-corrected chi connectivity index (χ1v) is 12.5. The maximum Gasteiger partial charge on any atom is 0.344 e. The second kappa shape index (κ2) is 12.4. The van der Waals surface area contributed by atoms with Crippen LogP contribution in [0.5, 0.6) is 11.5 Å². The number of benzene rings is 2. The molecular weight excluding hydrogens is 548 g/mol. The van der Waals surface area contributed by atoms with Crippen molar-refractivity contribution in [2.75, 3.05) is 13.2 Å². The number of ether oxygens (including phenoxy) is 3. The molecule has 0 aliphatic heterocycles. The van der Waals surface area contributed by atoms with Crippen LogP contribution in [-0.4, -0.2) is 46.1 Å². The summed E-state index contributed by atoms with van der Waals surface area (Å²) in [4.78, 5) is 40.9. The third kappa shape index (κ3) is 6.91. The maximum absolute atomic E-state index is 13.2. The zero-order valence-corrected chi connectivity index (χ0v) is 22.5. The summed E-state index contributed by atoms with van der Waals surface area (Å²) in [6.07, 6.45) is 2.19. The minimum Gasteiger partial charge on any atom is -0.490 e. The highest BCUT2D eigenvalue weighted by atomic mass is 79.9. The lowest BCUT2D eigenvalue weighted by Gasteiger charge is -2.14. The van der Waals surface area contributed by atoms with Gasteiger partial charge in [-0.3, -0.25) is 14.9 Å². The number of aryl methyl sites for hydroxylation is 1. The van der Waals surface area contributed by atoms with Crippen molar-refractivity contribution in [3.63, 3.8) is 0 Å². The Balaban J connectivity index is 2.06. The predicted octanol–water partition coefficient (Wildman–Crippen LogP) is 4.63. The molecule has 0 spiro atoms. The Kier molecular flexibility index (Phi) is 9.34. The smallest absolute Gasteiger partial charge is 0.344 e. The van der Waals surface area contributed by atoms with Crippen molar-refractivity contribution < 1.29 is 23.9 Å². The molecule has 0 saturated heterocycles. The summed E-state index contributed by atoms with van der Waals surface area (Å²) in [7, 11) is 0. The van der Waals surface area contributed by atoms with Crippen LogP contribution in [0.2, 0.25) is 0 Å². The van der Waals surface area contributed by atoms with Crippen LogP contribution in [0.3, 0.4) is 0 Å². The second-order valence-corrected chi connectivity index (χ2v) is 9.10. The Bertz CT molecular complexity index is 1400. The molecule has 11 nitrogen and oxygen atoms in total. The molecule has 0 N–H and O–H groups in total. The summed E-state index contributed by atoms with van der Waals surface area (Å²) >= 11 is 3.37. The molecule has 1 aromatic heterocycles. The minimum absolute atomic E-state index is 0.0530. The van der Waals surface area contributed by atoms with Gasteiger partial charge in [0.2, 0.25) is 5.75 Å². The fraction of sp³-hybridized carbons (Fsp3) is 0.360. The van der Waals surface area contributed by atoms with Crippen LogP contribution in [-0.2, 0) is 16.0 Å². The first-order chi connectivity index (χ1) is 17.6.